The summed E-state index contributed by atoms with van der Waals surface area (Å²) in [4.78, 5) is 34.7. The van der Waals surface area contributed by atoms with Gasteiger partial charge in [-0.05, 0) is 42.3 Å². The number of anilines is 1. The number of amides is 2. The number of nitrogens with zero attached hydrogens (tertiary/aromatic N) is 3. The van der Waals surface area contributed by atoms with Crippen LogP contribution in [0.5, 0.6) is 11.5 Å². The van der Waals surface area contributed by atoms with Gasteiger partial charge in [-0.15, -0.1) is 0 Å². The molecule has 2 amide bonds. The summed E-state index contributed by atoms with van der Waals surface area (Å²) in [6.07, 6.45) is 3.20. The van der Waals surface area contributed by atoms with Gasteiger partial charge >= 0.3 is 0 Å². The van der Waals surface area contributed by atoms with Crippen LogP contribution in [0.4, 0.5) is 5.82 Å². The number of ether oxygens (including phenoxy) is 1. The third-order valence-electron chi connectivity index (χ3n) is 5.22. The van der Waals surface area contributed by atoms with Gasteiger partial charge in [0.25, 0.3) is 5.91 Å². The maximum absolute atomic E-state index is 13.0. The van der Waals surface area contributed by atoms with Gasteiger partial charge in [-0.25, -0.2) is 9.97 Å². The number of nitrogens with one attached hydrogen (secondary N) is 1. The number of likely N-dealkylation sites (tertiary alicyclic amines) is 1. The largest absolute Gasteiger partial charge is 0.457 e. The van der Waals surface area contributed by atoms with E-state index in [0.717, 1.165) is 5.75 Å². The highest BCUT2D eigenvalue weighted by atomic mass is 16.5. The Balaban J connectivity index is 1.52. The van der Waals surface area contributed by atoms with Gasteiger partial charge in [0.15, 0.2) is 0 Å². The van der Waals surface area contributed by atoms with E-state index in [1.54, 1.807) is 17.0 Å². The predicted molar refractivity (Wildman–Crippen MR) is 121 cm³/mol. The lowest BCUT2D eigenvalue weighted by atomic mass is 10.0. The number of nitrogens with two attached hydrogens (primary N) is 1. The highest BCUT2D eigenvalue weighted by Crippen LogP contribution is 2.30. The zero-order valence-corrected chi connectivity index (χ0v) is 17.4. The van der Waals surface area contributed by atoms with Crippen LogP contribution in [0.1, 0.15) is 16.9 Å². The summed E-state index contributed by atoms with van der Waals surface area (Å²) in [5.74, 6) is 1.07. The summed E-state index contributed by atoms with van der Waals surface area (Å²) in [6, 6.07) is 16.5. The number of aromatic nitrogens is 2. The topological polar surface area (TPSA) is 110 Å². The first-order chi connectivity index (χ1) is 15.5. The molecule has 1 aliphatic rings. The third kappa shape index (κ3) is 4.59. The second kappa shape index (κ2) is 9.30. The van der Waals surface area contributed by atoms with Crippen LogP contribution in [0.3, 0.4) is 0 Å². The second-order valence-electron chi connectivity index (χ2n) is 7.37. The average Bonchev–Trinajstić information content (AvgIpc) is 3.28. The molecule has 1 atom stereocenters. The van der Waals surface area contributed by atoms with Gasteiger partial charge in [0.05, 0.1) is 5.56 Å². The lowest BCUT2D eigenvalue weighted by Gasteiger charge is -2.16. The lowest BCUT2D eigenvalue weighted by molar-refractivity contribution is -0.125. The monoisotopic (exact) mass is 429 g/mol. The standard InChI is InChI=1S/C24H23N5O3/c1-2-20(30)29-13-12-17(14-29)28-24(31)22-21(23(25)27-15-26-22)16-8-10-19(11-9-16)32-18-6-4-3-5-7-18/h2-11,15,17H,1,12-14H2,(H,28,31)(H2,25,26,27)/t17-/m1/s1. The van der Waals surface area contributed by atoms with E-state index in [9.17, 15) is 9.59 Å². The van der Waals surface area contributed by atoms with Crippen LogP contribution in [0.2, 0.25) is 0 Å². The van der Waals surface area contributed by atoms with E-state index in [0.29, 0.717) is 36.4 Å². The molecule has 1 aliphatic heterocycles. The molecule has 3 aromatic rings. The molecule has 0 unspecified atom stereocenters. The van der Waals surface area contributed by atoms with E-state index < -0.39 is 0 Å². The normalized spacial score (nSPS) is 15.2. The number of carbonyl (C=O) groups excluding carboxylic acids is 2. The number of hydrogen-bond acceptors (Lipinski definition) is 6. The van der Waals surface area contributed by atoms with E-state index in [1.807, 2.05) is 42.5 Å². The fourth-order valence-electron chi connectivity index (χ4n) is 3.63. The van der Waals surface area contributed by atoms with Crippen molar-refractivity contribution in [3.05, 3.63) is 79.3 Å². The van der Waals surface area contributed by atoms with Crippen LogP contribution < -0.4 is 15.8 Å². The maximum Gasteiger partial charge on any atom is 0.271 e. The highest BCUT2D eigenvalue weighted by Gasteiger charge is 2.28. The van der Waals surface area contributed by atoms with E-state index >= 15 is 0 Å². The van der Waals surface area contributed by atoms with Crippen molar-refractivity contribution in [2.75, 3.05) is 18.8 Å². The summed E-state index contributed by atoms with van der Waals surface area (Å²) >= 11 is 0. The molecule has 0 aliphatic carbocycles. The summed E-state index contributed by atoms with van der Waals surface area (Å²) in [5, 5.41) is 2.95. The minimum Gasteiger partial charge on any atom is -0.457 e. The number of para-hydroxylation sites is 1. The van der Waals surface area contributed by atoms with Crippen molar-refractivity contribution in [1.29, 1.82) is 0 Å². The quantitative estimate of drug-likeness (QED) is 0.583. The van der Waals surface area contributed by atoms with E-state index in [2.05, 4.69) is 21.9 Å². The molecule has 1 saturated heterocycles. The van der Waals surface area contributed by atoms with Crippen molar-refractivity contribution >= 4 is 17.6 Å². The Hall–Kier alpha value is -4.20. The second-order valence-corrected chi connectivity index (χ2v) is 7.37. The molecule has 3 N–H and O–H groups in total. The summed E-state index contributed by atoms with van der Waals surface area (Å²) in [5.41, 5.74) is 7.45. The number of nitrogen functional groups attached to an aromatic ring is 1. The van der Waals surface area contributed by atoms with Crippen LogP contribution >= 0.6 is 0 Å². The number of hydrogen-bond donors (Lipinski definition) is 2. The number of benzene rings is 2. The van der Waals surface area contributed by atoms with Gasteiger partial charge in [0, 0.05) is 19.1 Å². The molecule has 1 aromatic heterocycles. The Labute approximate surface area is 185 Å². The number of carbonyl (C=O) groups is 2. The first kappa shape index (κ1) is 21.0. The molecular weight excluding hydrogens is 406 g/mol. The minimum absolute atomic E-state index is 0.147. The van der Waals surface area contributed by atoms with Gasteiger partial charge in [0.2, 0.25) is 5.91 Å². The molecule has 32 heavy (non-hydrogen) atoms. The zero-order valence-electron chi connectivity index (χ0n) is 17.4. The Morgan fingerprint density at radius 3 is 2.53 bits per heavy atom. The van der Waals surface area contributed by atoms with Gasteiger partial charge in [-0.3, -0.25) is 9.59 Å². The summed E-state index contributed by atoms with van der Waals surface area (Å²) in [7, 11) is 0. The van der Waals surface area contributed by atoms with Crippen molar-refractivity contribution in [3.8, 4) is 22.6 Å². The summed E-state index contributed by atoms with van der Waals surface area (Å²) < 4.78 is 5.82. The van der Waals surface area contributed by atoms with Crippen LogP contribution in [-0.4, -0.2) is 45.8 Å². The molecule has 0 radical (unpaired) electrons. The molecule has 0 saturated carbocycles. The minimum atomic E-state index is -0.364. The Morgan fingerprint density at radius 2 is 1.81 bits per heavy atom. The summed E-state index contributed by atoms with van der Waals surface area (Å²) in [6.45, 7) is 4.50. The van der Waals surface area contributed by atoms with Gasteiger partial charge < -0.3 is 20.7 Å². The van der Waals surface area contributed by atoms with Crippen LogP contribution in [0.15, 0.2) is 73.6 Å². The first-order valence-corrected chi connectivity index (χ1v) is 10.2. The van der Waals surface area contributed by atoms with Crippen molar-refractivity contribution in [3.63, 3.8) is 0 Å². The molecule has 1 fully saturated rings. The van der Waals surface area contributed by atoms with Crippen LogP contribution in [0, 0.1) is 0 Å². The highest BCUT2D eigenvalue weighted by molar-refractivity contribution is 6.01. The van der Waals surface area contributed by atoms with Crippen LogP contribution in [-0.2, 0) is 4.79 Å². The van der Waals surface area contributed by atoms with E-state index in [4.69, 9.17) is 10.5 Å². The third-order valence-corrected chi connectivity index (χ3v) is 5.22. The van der Waals surface area contributed by atoms with Crippen molar-refractivity contribution in [2.45, 2.75) is 12.5 Å². The molecule has 162 valence electrons. The Kier molecular flexibility index (Phi) is 6.12. The number of rotatable bonds is 6. The van der Waals surface area contributed by atoms with Crippen LogP contribution in [0.25, 0.3) is 11.1 Å². The molecule has 8 nitrogen and oxygen atoms in total. The van der Waals surface area contributed by atoms with Gasteiger partial charge in [-0.2, -0.15) is 0 Å². The van der Waals surface area contributed by atoms with Crippen molar-refractivity contribution < 1.29 is 14.3 Å². The maximum atomic E-state index is 13.0. The Bertz CT molecular complexity index is 1130. The SMILES string of the molecule is C=CC(=O)N1CC[C@@H](NC(=O)c2ncnc(N)c2-c2ccc(Oc3ccccc3)cc2)C1. The molecule has 2 aromatic carbocycles. The van der Waals surface area contributed by atoms with Crippen molar-refractivity contribution in [1.82, 2.24) is 20.2 Å². The zero-order chi connectivity index (χ0) is 22.5. The molecular formula is C24H23N5O3. The lowest BCUT2D eigenvalue weighted by Crippen LogP contribution is -2.38. The van der Waals surface area contributed by atoms with E-state index in [1.165, 1.54) is 12.4 Å². The van der Waals surface area contributed by atoms with Gasteiger partial charge in [0.1, 0.15) is 29.3 Å². The first-order valence-electron chi connectivity index (χ1n) is 10.2. The molecule has 4 rings (SSSR count). The van der Waals surface area contributed by atoms with Crippen molar-refractivity contribution in [2.24, 2.45) is 0 Å². The molecule has 8 heteroatoms. The van der Waals surface area contributed by atoms with E-state index in [-0.39, 0.29) is 29.4 Å². The smallest absolute Gasteiger partial charge is 0.271 e. The molecule has 0 spiro atoms. The fraction of sp³-hybridized carbons (Fsp3) is 0.167. The van der Waals surface area contributed by atoms with Gasteiger partial charge in [-0.1, -0.05) is 36.9 Å². The fourth-order valence-corrected chi connectivity index (χ4v) is 3.63. The average molecular weight is 429 g/mol. The predicted octanol–water partition coefficient (Wildman–Crippen LogP) is 3.03. The molecule has 0 bridgehead atoms. The molecule has 2 heterocycles. The Morgan fingerprint density at radius 1 is 1.09 bits per heavy atom.